The minimum atomic E-state index is 0.886. The molecular weight excluding hydrogens is 254 g/mol. The van der Waals surface area contributed by atoms with Gasteiger partial charge in [0.25, 0.3) is 0 Å². The van der Waals surface area contributed by atoms with Crippen LogP contribution in [0.15, 0.2) is 12.1 Å². The molecule has 0 atom stereocenters. The highest BCUT2D eigenvalue weighted by Gasteiger charge is 1.92. The van der Waals surface area contributed by atoms with Crippen LogP contribution in [0, 0.1) is 0 Å². The summed E-state index contributed by atoms with van der Waals surface area (Å²) in [6.45, 7) is 0. The van der Waals surface area contributed by atoms with E-state index in [1.54, 1.807) is 11.3 Å². The topological polar surface area (TPSA) is 0 Å². The highest BCUT2D eigenvalue weighted by atomic mass is 127. The first-order valence-electron chi connectivity index (χ1n) is 2.13. The molecule has 0 N–H and O–H groups in total. The molecule has 0 aliphatic heterocycles. The van der Waals surface area contributed by atoms with Crippen molar-refractivity contribution in [3.8, 4) is 0 Å². The van der Waals surface area contributed by atoms with Gasteiger partial charge in [0.2, 0.25) is 0 Å². The van der Waals surface area contributed by atoms with Crippen molar-refractivity contribution in [2.75, 3.05) is 0 Å². The summed E-state index contributed by atoms with van der Waals surface area (Å²) in [5.74, 6) is 0. The molecule has 0 radical (unpaired) electrons. The largest absolute Gasteiger partial charge is 0.128 e. The van der Waals surface area contributed by atoms with Crippen molar-refractivity contribution in [1.29, 1.82) is 0 Å². The van der Waals surface area contributed by atoms with Gasteiger partial charge in [-0.15, -0.1) is 11.3 Å². The van der Waals surface area contributed by atoms with Gasteiger partial charge in [-0.1, -0.05) is 34.2 Å². The van der Waals surface area contributed by atoms with Crippen LogP contribution in [0.4, 0.5) is 0 Å². The molecule has 0 amide bonds. The molecule has 8 heavy (non-hydrogen) atoms. The lowest BCUT2D eigenvalue weighted by molar-refractivity contribution is 1.61. The van der Waals surface area contributed by atoms with E-state index in [-0.39, 0.29) is 0 Å². The quantitative estimate of drug-likeness (QED) is 0.535. The van der Waals surface area contributed by atoms with Gasteiger partial charge >= 0.3 is 0 Å². The zero-order chi connectivity index (χ0) is 5.98. The minimum absolute atomic E-state index is 0.886. The molecule has 0 spiro atoms. The third-order valence-corrected chi connectivity index (χ3v) is 3.33. The fourth-order valence-electron chi connectivity index (χ4n) is 0.424. The van der Waals surface area contributed by atoms with Crippen molar-refractivity contribution in [3.63, 3.8) is 0 Å². The highest BCUT2D eigenvalue weighted by Crippen LogP contribution is 2.22. The smallest absolute Gasteiger partial charge is 0.0931 e. The second kappa shape index (κ2) is 3.03. The second-order valence-electron chi connectivity index (χ2n) is 1.34. The molecule has 0 aliphatic carbocycles. The summed E-state index contributed by atoms with van der Waals surface area (Å²) >= 11 is 9.62. The third-order valence-electron chi connectivity index (χ3n) is 0.761. The van der Waals surface area contributed by atoms with Gasteiger partial charge in [-0.05, 0) is 12.1 Å². The Morgan fingerprint density at radius 1 is 1.62 bits per heavy atom. The second-order valence-corrected chi connectivity index (χ2v) is 3.90. The van der Waals surface area contributed by atoms with E-state index in [0.717, 1.165) is 8.76 Å². The van der Waals surface area contributed by atoms with Gasteiger partial charge in [-0.25, -0.2) is 0 Å². The molecule has 44 valence electrons. The molecule has 0 aliphatic rings. The monoisotopic (exact) mass is 258 g/mol. The maximum absolute atomic E-state index is 5.65. The number of rotatable bonds is 1. The van der Waals surface area contributed by atoms with E-state index in [4.69, 9.17) is 11.6 Å². The highest BCUT2D eigenvalue weighted by molar-refractivity contribution is 14.1. The first kappa shape index (κ1) is 6.83. The summed E-state index contributed by atoms with van der Waals surface area (Å²) in [6, 6.07) is 3.99. The van der Waals surface area contributed by atoms with Gasteiger partial charge in [0.1, 0.15) is 0 Å². The molecule has 0 bridgehead atoms. The summed E-state index contributed by atoms with van der Waals surface area (Å²) in [7, 11) is 0. The fourth-order valence-corrected chi connectivity index (χ4v) is 2.08. The lowest BCUT2D eigenvalue weighted by atomic mass is 10.5. The van der Waals surface area contributed by atoms with Gasteiger partial charge in [0.05, 0.1) is 4.34 Å². The Bertz CT molecular complexity index is 173. The van der Waals surface area contributed by atoms with Crippen LogP contribution in [0.1, 0.15) is 4.88 Å². The van der Waals surface area contributed by atoms with E-state index in [1.807, 2.05) is 6.07 Å². The van der Waals surface area contributed by atoms with Crippen molar-refractivity contribution in [2.45, 2.75) is 4.43 Å². The Hall–Kier alpha value is 0.720. The molecule has 0 saturated heterocycles. The predicted octanol–water partition coefficient (Wildman–Crippen LogP) is 3.34. The summed E-state index contributed by atoms with van der Waals surface area (Å²) in [5.41, 5.74) is 0. The van der Waals surface area contributed by atoms with Crippen molar-refractivity contribution >= 4 is 45.5 Å². The molecule has 0 nitrogen and oxygen atoms in total. The van der Waals surface area contributed by atoms with Gasteiger partial charge < -0.3 is 0 Å². The molecule has 0 fully saturated rings. The van der Waals surface area contributed by atoms with Crippen molar-refractivity contribution in [1.82, 2.24) is 0 Å². The molecule has 1 aromatic heterocycles. The Kier molecular flexibility index (Phi) is 2.59. The SMILES string of the molecule is Clc1ccc(CI)s1. The van der Waals surface area contributed by atoms with Crippen LogP contribution in [0.3, 0.4) is 0 Å². The van der Waals surface area contributed by atoms with E-state index < -0.39 is 0 Å². The molecule has 1 rings (SSSR count). The number of alkyl halides is 1. The first-order valence-corrected chi connectivity index (χ1v) is 4.85. The van der Waals surface area contributed by atoms with Crippen molar-refractivity contribution < 1.29 is 0 Å². The van der Waals surface area contributed by atoms with E-state index in [9.17, 15) is 0 Å². The van der Waals surface area contributed by atoms with Crippen molar-refractivity contribution in [3.05, 3.63) is 21.3 Å². The summed E-state index contributed by atoms with van der Waals surface area (Å²) in [6.07, 6.45) is 0. The van der Waals surface area contributed by atoms with Crippen LogP contribution in [0.2, 0.25) is 4.34 Å². The van der Waals surface area contributed by atoms with E-state index >= 15 is 0 Å². The predicted molar refractivity (Wildman–Crippen MR) is 47.1 cm³/mol. The average molecular weight is 259 g/mol. The lowest BCUT2D eigenvalue weighted by Gasteiger charge is -1.78. The van der Waals surface area contributed by atoms with Gasteiger partial charge in [0, 0.05) is 9.30 Å². The molecule has 1 aromatic rings. The number of halogens is 2. The maximum atomic E-state index is 5.65. The fraction of sp³-hybridized carbons (Fsp3) is 0.200. The Balaban J connectivity index is 2.84. The van der Waals surface area contributed by atoms with Gasteiger partial charge in [-0.2, -0.15) is 0 Å². The van der Waals surface area contributed by atoms with Crippen LogP contribution in [0.5, 0.6) is 0 Å². The summed E-state index contributed by atoms with van der Waals surface area (Å²) < 4.78 is 1.95. The van der Waals surface area contributed by atoms with Crippen LogP contribution >= 0.6 is 45.5 Å². The summed E-state index contributed by atoms with van der Waals surface area (Å²) in [5, 5.41) is 0. The van der Waals surface area contributed by atoms with Crippen LogP contribution < -0.4 is 0 Å². The normalized spacial score (nSPS) is 9.75. The van der Waals surface area contributed by atoms with E-state index in [2.05, 4.69) is 28.7 Å². The molecule has 0 aromatic carbocycles. The number of hydrogen-bond donors (Lipinski definition) is 0. The first-order chi connectivity index (χ1) is 3.83. The minimum Gasteiger partial charge on any atom is -0.128 e. The zero-order valence-corrected chi connectivity index (χ0v) is 7.76. The van der Waals surface area contributed by atoms with Crippen LogP contribution in [-0.4, -0.2) is 0 Å². The maximum Gasteiger partial charge on any atom is 0.0931 e. The van der Waals surface area contributed by atoms with Crippen LogP contribution in [0.25, 0.3) is 0 Å². The lowest BCUT2D eigenvalue weighted by Crippen LogP contribution is -1.57. The molecule has 0 unspecified atom stereocenters. The number of hydrogen-bond acceptors (Lipinski definition) is 1. The average Bonchev–Trinajstić information content (AvgIpc) is 2.14. The Morgan fingerprint density at radius 3 is 2.62 bits per heavy atom. The molecular formula is C5H4ClIS. The molecule has 0 saturated carbocycles. The standard InChI is InChI=1S/C5H4ClIS/c6-5-2-1-4(3-7)8-5/h1-2H,3H2. The zero-order valence-electron chi connectivity index (χ0n) is 4.03. The van der Waals surface area contributed by atoms with E-state index in [0.29, 0.717) is 0 Å². The van der Waals surface area contributed by atoms with Gasteiger partial charge in [0.15, 0.2) is 0 Å². The Morgan fingerprint density at radius 2 is 2.38 bits per heavy atom. The summed E-state index contributed by atoms with van der Waals surface area (Å²) in [4.78, 5) is 1.34. The Labute approximate surface area is 71.0 Å². The number of thiophene rings is 1. The molecule has 1 heterocycles. The van der Waals surface area contributed by atoms with Crippen LogP contribution in [-0.2, 0) is 4.43 Å². The third kappa shape index (κ3) is 1.60. The van der Waals surface area contributed by atoms with E-state index in [1.165, 1.54) is 4.88 Å². The van der Waals surface area contributed by atoms with Crippen molar-refractivity contribution in [2.24, 2.45) is 0 Å². The van der Waals surface area contributed by atoms with Gasteiger partial charge in [-0.3, -0.25) is 0 Å². The molecule has 3 heteroatoms.